The molecular weight excluding hydrogens is 270 g/mol. The molecule has 0 aliphatic carbocycles. The highest BCUT2D eigenvalue weighted by atomic mass is 16.4. The Bertz CT molecular complexity index is 533. The second-order valence-corrected chi connectivity index (χ2v) is 5.53. The maximum atomic E-state index is 12.4. The number of hydrogen-bond donors (Lipinski definition) is 1. The first-order valence-electron chi connectivity index (χ1n) is 7.12. The number of likely N-dealkylation sites (tertiary alicyclic amines) is 1. The number of aryl methyl sites for hydroxylation is 1. The molecule has 1 atom stereocenters. The molecule has 2 rings (SSSR count). The van der Waals surface area contributed by atoms with Crippen LogP contribution >= 0.6 is 0 Å². The lowest BCUT2D eigenvalue weighted by molar-refractivity contribution is -0.143. The molecule has 6 nitrogen and oxygen atoms in total. The molecule has 1 aromatic rings. The van der Waals surface area contributed by atoms with Crippen LogP contribution in [-0.4, -0.2) is 52.0 Å². The minimum absolute atomic E-state index is 0.135. The fourth-order valence-corrected chi connectivity index (χ4v) is 2.59. The maximum absolute atomic E-state index is 12.4. The third-order valence-corrected chi connectivity index (χ3v) is 3.71. The molecule has 0 aromatic carbocycles. The van der Waals surface area contributed by atoms with Gasteiger partial charge in [0.2, 0.25) is 0 Å². The molecule has 1 aliphatic rings. The summed E-state index contributed by atoms with van der Waals surface area (Å²) in [5.74, 6) is -1.27. The van der Waals surface area contributed by atoms with Gasteiger partial charge in [-0.1, -0.05) is 6.07 Å². The summed E-state index contributed by atoms with van der Waals surface area (Å²) in [7, 11) is 1.72. The van der Waals surface area contributed by atoms with E-state index in [-0.39, 0.29) is 6.03 Å². The van der Waals surface area contributed by atoms with Gasteiger partial charge in [-0.3, -0.25) is 9.78 Å². The maximum Gasteiger partial charge on any atom is 0.320 e. The van der Waals surface area contributed by atoms with Crippen LogP contribution < -0.4 is 0 Å². The average Bonchev–Trinajstić information content (AvgIpc) is 2.46. The summed E-state index contributed by atoms with van der Waals surface area (Å²) in [6, 6.07) is 5.57. The van der Waals surface area contributed by atoms with Crippen molar-refractivity contribution in [3.05, 3.63) is 29.6 Å². The topological polar surface area (TPSA) is 73.7 Å². The Morgan fingerprint density at radius 2 is 2.24 bits per heavy atom. The molecule has 1 aliphatic heterocycles. The van der Waals surface area contributed by atoms with Crippen LogP contribution in [0.5, 0.6) is 0 Å². The van der Waals surface area contributed by atoms with Crippen molar-refractivity contribution in [1.29, 1.82) is 0 Å². The average molecular weight is 291 g/mol. The summed E-state index contributed by atoms with van der Waals surface area (Å²) >= 11 is 0. The van der Waals surface area contributed by atoms with Gasteiger partial charge in [-0.25, -0.2) is 4.79 Å². The van der Waals surface area contributed by atoms with Crippen LogP contribution in [0.2, 0.25) is 0 Å². The number of carbonyl (C=O) groups is 2. The van der Waals surface area contributed by atoms with E-state index in [4.69, 9.17) is 5.11 Å². The zero-order valence-corrected chi connectivity index (χ0v) is 12.5. The van der Waals surface area contributed by atoms with Crippen LogP contribution in [0.4, 0.5) is 4.79 Å². The van der Waals surface area contributed by atoms with Crippen LogP contribution in [0.3, 0.4) is 0 Å². The van der Waals surface area contributed by atoms with Gasteiger partial charge in [0.05, 0.1) is 18.2 Å². The van der Waals surface area contributed by atoms with Crippen LogP contribution in [0.1, 0.15) is 24.2 Å². The van der Waals surface area contributed by atoms with Crippen molar-refractivity contribution in [3.63, 3.8) is 0 Å². The summed E-state index contributed by atoms with van der Waals surface area (Å²) < 4.78 is 0. The zero-order chi connectivity index (χ0) is 15.4. The van der Waals surface area contributed by atoms with Gasteiger partial charge in [0.25, 0.3) is 0 Å². The van der Waals surface area contributed by atoms with Crippen molar-refractivity contribution < 1.29 is 14.7 Å². The Labute approximate surface area is 124 Å². The Kier molecular flexibility index (Phi) is 4.77. The smallest absolute Gasteiger partial charge is 0.320 e. The van der Waals surface area contributed by atoms with Gasteiger partial charge in [-0.05, 0) is 31.9 Å². The molecule has 6 heteroatoms. The van der Waals surface area contributed by atoms with Crippen LogP contribution in [0.25, 0.3) is 0 Å². The van der Waals surface area contributed by atoms with E-state index >= 15 is 0 Å². The highest BCUT2D eigenvalue weighted by Gasteiger charge is 2.29. The summed E-state index contributed by atoms with van der Waals surface area (Å²) in [5.41, 5.74) is 1.75. The Hall–Kier alpha value is -2.11. The summed E-state index contributed by atoms with van der Waals surface area (Å²) in [5, 5.41) is 9.08. The number of pyridine rings is 1. The minimum atomic E-state index is -0.824. The quantitative estimate of drug-likeness (QED) is 0.920. The number of rotatable bonds is 3. The number of amides is 2. The molecule has 1 N–H and O–H groups in total. The molecule has 1 saturated heterocycles. The van der Waals surface area contributed by atoms with Gasteiger partial charge in [-0.2, -0.15) is 0 Å². The predicted octanol–water partition coefficient (Wildman–Crippen LogP) is 1.74. The molecule has 0 saturated carbocycles. The molecule has 2 heterocycles. The summed E-state index contributed by atoms with van der Waals surface area (Å²) in [6.07, 6.45) is 1.38. The molecule has 0 spiro atoms. The van der Waals surface area contributed by atoms with Crippen molar-refractivity contribution >= 4 is 12.0 Å². The Morgan fingerprint density at radius 1 is 1.48 bits per heavy atom. The minimum Gasteiger partial charge on any atom is -0.481 e. The van der Waals surface area contributed by atoms with Gasteiger partial charge < -0.3 is 14.9 Å². The second-order valence-electron chi connectivity index (χ2n) is 5.53. The first-order valence-corrected chi connectivity index (χ1v) is 7.12. The normalized spacial score (nSPS) is 18.4. The first kappa shape index (κ1) is 15.3. The lowest BCUT2D eigenvalue weighted by Crippen LogP contribution is -2.47. The molecule has 0 radical (unpaired) electrons. The monoisotopic (exact) mass is 291 g/mol. The number of hydrogen-bond acceptors (Lipinski definition) is 3. The molecule has 0 bridgehead atoms. The fourth-order valence-electron chi connectivity index (χ4n) is 2.59. The summed E-state index contributed by atoms with van der Waals surface area (Å²) in [6.45, 7) is 3.25. The summed E-state index contributed by atoms with van der Waals surface area (Å²) in [4.78, 5) is 31.0. The number of carboxylic acid groups (broad SMARTS) is 1. The van der Waals surface area contributed by atoms with E-state index in [1.165, 1.54) is 0 Å². The Balaban J connectivity index is 1.97. The van der Waals surface area contributed by atoms with Gasteiger partial charge in [0, 0.05) is 25.8 Å². The van der Waals surface area contributed by atoms with E-state index in [0.29, 0.717) is 26.1 Å². The number of nitrogens with zero attached hydrogens (tertiary/aromatic N) is 3. The van der Waals surface area contributed by atoms with E-state index in [1.807, 2.05) is 25.1 Å². The number of urea groups is 1. The lowest BCUT2D eigenvalue weighted by Gasteiger charge is -2.33. The van der Waals surface area contributed by atoms with E-state index in [1.54, 1.807) is 16.8 Å². The van der Waals surface area contributed by atoms with Crippen LogP contribution in [0, 0.1) is 12.8 Å². The van der Waals surface area contributed by atoms with Crippen LogP contribution in [0.15, 0.2) is 18.2 Å². The first-order chi connectivity index (χ1) is 9.97. The largest absolute Gasteiger partial charge is 0.481 e. The number of carbonyl (C=O) groups excluding carboxylic acids is 1. The lowest BCUT2D eigenvalue weighted by atomic mass is 9.99. The van der Waals surface area contributed by atoms with Crippen molar-refractivity contribution in [3.8, 4) is 0 Å². The third-order valence-electron chi connectivity index (χ3n) is 3.71. The van der Waals surface area contributed by atoms with Gasteiger partial charge in [-0.15, -0.1) is 0 Å². The van der Waals surface area contributed by atoms with Crippen molar-refractivity contribution in [2.45, 2.75) is 26.3 Å². The molecular formula is C15H21N3O3. The van der Waals surface area contributed by atoms with Gasteiger partial charge in [0.1, 0.15) is 0 Å². The van der Waals surface area contributed by atoms with E-state index in [2.05, 4.69) is 4.98 Å². The SMILES string of the molecule is Cc1cccc(CN(C)C(=O)N2CCCC(C(=O)O)C2)n1. The standard InChI is InChI=1S/C15H21N3O3/c1-11-5-3-7-13(16-11)10-17(2)15(21)18-8-4-6-12(9-18)14(19)20/h3,5,7,12H,4,6,8-10H2,1-2H3,(H,19,20). The third kappa shape index (κ3) is 3.93. The molecule has 1 unspecified atom stereocenters. The van der Waals surface area contributed by atoms with Crippen molar-refractivity contribution in [2.24, 2.45) is 5.92 Å². The number of aromatic nitrogens is 1. The fraction of sp³-hybridized carbons (Fsp3) is 0.533. The highest BCUT2D eigenvalue weighted by molar-refractivity contribution is 5.76. The zero-order valence-electron chi connectivity index (χ0n) is 12.5. The molecule has 1 fully saturated rings. The van der Waals surface area contributed by atoms with E-state index in [0.717, 1.165) is 17.8 Å². The highest BCUT2D eigenvalue weighted by Crippen LogP contribution is 2.18. The van der Waals surface area contributed by atoms with E-state index in [9.17, 15) is 9.59 Å². The van der Waals surface area contributed by atoms with Gasteiger partial charge >= 0.3 is 12.0 Å². The Morgan fingerprint density at radius 3 is 2.90 bits per heavy atom. The molecule has 2 amide bonds. The molecule has 114 valence electrons. The predicted molar refractivity (Wildman–Crippen MR) is 77.8 cm³/mol. The van der Waals surface area contributed by atoms with Crippen LogP contribution in [-0.2, 0) is 11.3 Å². The van der Waals surface area contributed by atoms with Crippen molar-refractivity contribution in [2.75, 3.05) is 20.1 Å². The number of carboxylic acids is 1. The molecule has 1 aromatic heterocycles. The number of aliphatic carboxylic acids is 1. The van der Waals surface area contributed by atoms with Gasteiger partial charge in [0.15, 0.2) is 0 Å². The second kappa shape index (κ2) is 6.56. The van der Waals surface area contributed by atoms with E-state index < -0.39 is 11.9 Å². The molecule has 21 heavy (non-hydrogen) atoms. The van der Waals surface area contributed by atoms with Crippen molar-refractivity contribution in [1.82, 2.24) is 14.8 Å². The number of piperidine rings is 1.